The van der Waals surface area contributed by atoms with Crippen molar-refractivity contribution < 1.29 is 38.1 Å². The van der Waals surface area contributed by atoms with Crippen LogP contribution < -0.4 is 21.7 Å². The van der Waals surface area contributed by atoms with Crippen molar-refractivity contribution in [3.63, 3.8) is 0 Å². The fraction of sp³-hybridized carbons (Fsp3) is 0.789. The van der Waals surface area contributed by atoms with Crippen LogP contribution in [0.4, 0.5) is 4.79 Å². The average Bonchev–Trinajstić information content (AvgIpc) is 2.67. The summed E-state index contributed by atoms with van der Waals surface area (Å²) in [6.07, 6.45) is -0.758. The van der Waals surface area contributed by atoms with Crippen LogP contribution in [0, 0.1) is 0 Å². The Labute approximate surface area is 181 Å². The summed E-state index contributed by atoms with van der Waals surface area (Å²) in [5, 5.41) is 7.15. The molecule has 3 atom stereocenters. The predicted octanol–water partition coefficient (Wildman–Crippen LogP) is -0.844. The number of alkyl carbamates (subject to hydrolysis) is 1. The molecule has 1 fully saturated rings. The molecule has 0 radical (unpaired) electrons. The minimum atomic E-state index is -1.48. The monoisotopic (exact) mass is 446 g/mol. The van der Waals surface area contributed by atoms with Gasteiger partial charge in [-0.25, -0.2) is 9.59 Å². The topological polar surface area (TPSA) is 167 Å². The van der Waals surface area contributed by atoms with Crippen molar-refractivity contribution in [2.24, 2.45) is 5.73 Å². The number of hydrogen-bond donors (Lipinski definition) is 4. The Morgan fingerprint density at radius 1 is 1.06 bits per heavy atom. The van der Waals surface area contributed by atoms with Crippen molar-refractivity contribution in [2.45, 2.75) is 63.9 Å². The lowest BCUT2D eigenvalue weighted by molar-refractivity contribution is -0.146. The highest BCUT2D eigenvalue weighted by Gasteiger charge is 2.29. The highest BCUT2D eigenvalue weighted by molar-refractivity contribution is 5.92. The number of rotatable bonds is 2. The number of carbonyl (C=O) groups is 4. The number of methoxy groups -OCH3 is 1. The van der Waals surface area contributed by atoms with Crippen LogP contribution in [0.25, 0.3) is 0 Å². The van der Waals surface area contributed by atoms with Gasteiger partial charge in [-0.15, -0.1) is 0 Å². The molecule has 0 aromatic heterocycles. The third kappa shape index (κ3) is 10.9. The smallest absolute Gasteiger partial charge is 0.408 e. The normalized spacial score (nSPS) is 25.0. The van der Waals surface area contributed by atoms with E-state index in [1.165, 1.54) is 7.11 Å². The number of esters is 1. The Morgan fingerprint density at radius 2 is 1.71 bits per heavy atom. The van der Waals surface area contributed by atoms with Crippen LogP contribution in [-0.2, 0) is 33.3 Å². The van der Waals surface area contributed by atoms with E-state index in [2.05, 4.69) is 20.7 Å². The minimum Gasteiger partial charge on any atom is -0.467 e. The lowest BCUT2D eigenvalue weighted by Gasteiger charge is -2.25. The molecule has 5 N–H and O–H groups in total. The Hall–Kier alpha value is -2.44. The summed E-state index contributed by atoms with van der Waals surface area (Å²) in [4.78, 5) is 49.0. The Balaban J connectivity index is 2.87. The molecule has 1 saturated heterocycles. The summed E-state index contributed by atoms with van der Waals surface area (Å²) in [5.74, 6) is -2.19. The highest BCUT2D eigenvalue weighted by atomic mass is 16.6. The van der Waals surface area contributed by atoms with Crippen LogP contribution >= 0.6 is 0 Å². The second kappa shape index (κ2) is 13.1. The molecule has 0 bridgehead atoms. The van der Waals surface area contributed by atoms with Gasteiger partial charge < -0.3 is 40.6 Å². The molecule has 12 nitrogen and oxygen atoms in total. The zero-order chi connectivity index (χ0) is 23.4. The van der Waals surface area contributed by atoms with Gasteiger partial charge in [0.05, 0.1) is 13.7 Å². The first-order chi connectivity index (χ1) is 14.5. The van der Waals surface area contributed by atoms with Crippen molar-refractivity contribution in [1.82, 2.24) is 16.0 Å². The quantitative estimate of drug-likeness (QED) is 0.395. The van der Waals surface area contributed by atoms with Gasteiger partial charge in [-0.05, 0) is 33.6 Å². The molecule has 3 unspecified atom stereocenters. The second-order valence-corrected chi connectivity index (χ2v) is 7.95. The van der Waals surface area contributed by atoms with E-state index in [0.29, 0.717) is 26.1 Å². The van der Waals surface area contributed by atoms with E-state index in [0.717, 1.165) is 0 Å². The van der Waals surface area contributed by atoms with Crippen LogP contribution in [0.5, 0.6) is 0 Å². The van der Waals surface area contributed by atoms with Gasteiger partial charge in [-0.2, -0.15) is 0 Å². The van der Waals surface area contributed by atoms with Crippen molar-refractivity contribution >= 4 is 23.9 Å². The van der Waals surface area contributed by atoms with Crippen LogP contribution in [0.1, 0.15) is 40.0 Å². The van der Waals surface area contributed by atoms with Crippen molar-refractivity contribution in [3.8, 4) is 0 Å². The van der Waals surface area contributed by atoms with Gasteiger partial charge in [0.15, 0.2) is 6.17 Å². The van der Waals surface area contributed by atoms with Gasteiger partial charge in [0, 0.05) is 26.2 Å². The molecule has 0 spiro atoms. The first kappa shape index (κ1) is 26.6. The van der Waals surface area contributed by atoms with E-state index >= 15 is 0 Å². The van der Waals surface area contributed by atoms with Crippen LogP contribution in [0.15, 0.2) is 0 Å². The lowest BCUT2D eigenvalue weighted by atomic mass is 10.2. The molecule has 3 amide bonds. The molecular formula is C19H34N4O8. The predicted molar refractivity (Wildman–Crippen MR) is 109 cm³/mol. The zero-order valence-corrected chi connectivity index (χ0v) is 18.5. The summed E-state index contributed by atoms with van der Waals surface area (Å²) in [6, 6.07) is -2.12. The molecule has 0 aromatic carbocycles. The second-order valence-electron chi connectivity index (χ2n) is 7.95. The fourth-order valence-corrected chi connectivity index (χ4v) is 2.52. The summed E-state index contributed by atoms with van der Waals surface area (Å²) in [7, 11) is 1.20. The van der Waals surface area contributed by atoms with Crippen LogP contribution in [0.2, 0.25) is 0 Å². The standard InChI is InChI=1S/C19H34N4O8/c1-19(2,3)31-18(27)22-13-11-30-9-6-5-8-29-10-7-12(17(26)28-4)21-16(25)14(20)23-15(13)24/h12-14H,5-11,20H2,1-4H3,(H,21,25)(H,22,27)(H,23,24). The van der Waals surface area contributed by atoms with Crippen molar-refractivity contribution in [1.29, 1.82) is 0 Å². The van der Waals surface area contributed by atoms with E-state index in [4.69, 9.17) is 19.9 Å². The molecule has 31 heavy (non-hydrogen) atoms. The molecule has 1 aliphatic heterocycles. The van der Waals surface area contributed by atoms with E-state index in [9.17, 15) is 19.2 Å². The van der Waals surface area contributed by atoms with Gasteiger partial charge in [0.1, 0.15) is 17.7 Å². The summed E-state index contributed by atoms with van der Waals surface area (Å²) >= 11 is 0. The minimum absolute atomic E-state index is 0.148. The molecule has 0 aromatic rings. The number of carbonyl (C=O) groups excluding carboxylic acids is 4. The van der Waals surface area contributed by atoms with E-state index in [1.54, 1.807) is 20.8 Å². The number of amides is 3. The largest absolute Gasteiger partial charge is 0.467 e. The maximum Gasteiger partial charge on any atom is 0.408 e. The number of nitrogens with one attached hydrogen (secondary N) is 3. The molecular weight excluding hydrogens is 412 g/mol. The van der Waals surface area contributed by atoms with E-state index in [-0.39, 0.29) is 19.6 Å². The fourth-order valence-electron chi connectivity index (χ4n) is 2.52. The van der Waals surface area contributed by atoms with Crippen LogP contribution in [-0.4, -0.2) is 81.3 Å². The average molecular weight is 447 g/mol. The maximum absolute atomic E-state index is 12.6. The number of nitrogens with two attached hydrogens (primary N) is 1. The molecule has 1 heterocycles. The molecule has 12 heteroatoms. The van der Waals surface area contributed by atoms with E-state index < -0.39 is 47.7 Å². The highest BCUT2D eigenvalue weighted by Crippen LogP contribution is 2.07. The maximum atomic E-state index is 12.6. The van der Waals surface area contributed by atoms with Gasteiger partial charge in [-0.1, -0.05) is 0 Å². The van der Waals surface area contributed by atoms with Gasteiger partial charge in [0.25, 0.3) is 5.91 Å². The third-order valence-electron chi connectivity index (χ3n) is 4.05. The van der Waals surface area contributed by atoms with Gasteiger partial charge >= 0.3 is 12.1 Å². The Morgan fingerprint density at radius 3 is 2.32 bits per heavy atom. The van der Waals surface area contributed by atoms with Gasteiger partial charge in [-0.3, -0.25) is 9.59 Å². The Bertz CT molecular complexity index is 623. The SMILES string of the molecule is COC(=O)C1CCOCCCCOCC(NC(=O)OC(C)(C)C)C(=O)NC(N)C(=O)N1. The van der Waals surface area contributed by atoms with Crippen molar-refractivity contribution in [3.05, 3.63) is 0 Å². The molecule has 1 aliphatic rings. The summed E-state index contributed by atoms with van der Waals surface area (Å²) in [5.41, 5.74) is 5.00. The first-order valence-corrected chi connectivity index (χ1v) is 10.1. The van der Waals surface area contributed by atoms with Gasteiger partial charge in [0.2, 0.25) is 5.91 Å². The molecule has 0 saturated carbocycles. The van der Waals surface area contributed by atoms with Crippen molar-refractivity contribution in [2.75, 3.05) is 33.5 Å². The number of ether oxygens (including phenoxy) is 4. The summed E-state index contributed by atoms with van der Waals surface area (Å²) in [6.45, 7) is 5.90. The number of hydrogen-bond acceptors (Lipinski definition) is 9. The molecule has 178 valence electrons. The Kier molecular flexibility index (Phi) is 11.2. The van der Waals surface area contributed by atoms with Crippen LogP contribution in [0.3, 0.4) is 0 Å². The molecule has 1 rings (SSSR count). The third-order valence-corrected chi connectivity index (χ3v) is 4.05. The lowest BCUT2D eigenvalue weighted by Crippen LogP contribution is -2.60. The first-order valence-electron chi connectivity index (χ1n) is 10.1. The zero-order valence-electron chi connectivity index (χ0n) is 18.5. The molecule has 0 aliphatic carbocycles. The summed E-state index contributed by atoms with van der Waals surface area (Å²) < 4.78 is 20.8. The van der Waals surface area contributed by atoms with E-state index in [1.807, 2.05) is 0 Å².